The molecule has 0 N–H and O–H groups in total. The molecule has 2 amide bonds. The maximum absolute atomic E-state index is 14.7. The zero-order chi connectivity index (χ0) is 31.4. The molecule has 0 atom stereocenters. The number of amides is 2. The smallest absolute Gasteiger partial charge is 0.409 e. The maximum Gasteiger partial charge on any atom is 0.409 e. The van der Waals surface area contributed by atoms with E-state index in [1.54, 1.807) is 29.2 Å². The quantitative estimate of drug-likeness (QED) is 0.190. The third kappa shape index (κ3) is 7.03. The van der Waals surface area contributed by atoms with Gasteiger partial charge in [-0.25, -0.2) is 13.6 Å². The number of fused-ring (bicyclic) bond motifs is 1. The zero-order valence-electron chi connectivity index (χ0n) is 24.9. The highest BCUT2D eigenvalue weighted by Crippen LogP contribution is 2.40. The fourth-order valence-electron chi connectivity index (χ4n) is 5.65. The SMILES string of the molecule is CN(C)CCOC(=O)N(C)C1CCC(N(Cc2cccc(-c3ccncc3)c2)C(=O)c2sc3c(F)ccc(F)c3c2Cl)CC1. The molecule has 2 aromatic carbocycles. The van der Waals surface area contributed by atoms with E-state index < -0.39 is 11.6 Å². The molecule has 0 spiro atoms. The van der Waals surface area contributed by atoms with Gasteiger partial charge in [0.05, 0.1) is 15.1 Å². The van der Waals surface area contributed by atoms with E-state index >= 15 is 0 Å². The Morgan fingerprint density at radius 2 is 1.64 bits per heavy atom. The lowest BCUT2D eigenvalue weighted by molar-refractivity contribution is 0.0516. The molecule has 2 aromatic heterocycles. The molecular weight excluding hydrogens is 606 g/mol. The van der Waals surface area contributed by atoms with Crippen molar-refractivity contribution >= 4 is 45.0 Å². The van der Waals surface area contributed by atoms with Crippen LogP contribution in [0.2, 0.25) is 5.02 Å². The standard InChI is InChI=1S/C33H35ClF2N4O3S/c1-38(2)17-18-43-33(42)39(3)24-7-9-25(10-8-24)40(20-21-5-4-6-23(19-21)22-13-15-37-16-14-22)32(41)31-29(34)28-26(35)11-12-27(36)30(28)44-31/h4-6,11-16,19,24-25H,7-10,17-18,20H2,1-3H3. The molecule has 1 saturated carbocycles. The number of thiophene rings is 1. The van der Waals surface area contributed by atoms with Crippen molar-refractivity contribution in [3.8, 4) is 11.1 Å². The average molecular weight is 641 g/mol. The highest BCUT2D eigenvalue weighted by Gasteiger charge is 2.34. The molecule has 7 nitrogen and oxygen atoms in total. The topological polar surface area (TPSA) is 66.0 Å². The third-order valence-corrected chi connectivity index (χ3v) is 9.81. The largest absolute Gasteiger partial charge is 0.448 e. The Labute approximate surface area is 265 Å². The van der Waals surface area contributed by atoms with Crippen LogP contribution in [0, 0.1) is 11.6 Å². The van der Waals surface area contributed by atoms with E-state index in [-0.39, 0.29) is 50.6 Å². The van der Waals surface area contributed by atoms with E-state index in [4.69, 9.17) is 16.3 Å². The number of hydrogen-bond acceptors (Lipinski definition) is 6. The Balaban J connectivity index is 1.40. The maximum atomic E-state index is 14.7. The van der Waals surface area contributed by atoms with Crippen molar-refractivity contribution < 1.29 is 23.1 Å². The van der Waals surface area contributed by atoms with Gasteiger partial charge in [0, 0.05) is 44.6 Å². The minimum Gasteiger partial charge on any atom is -0.448 e. The molecule has 1 aliphatic rings. The van der Waals surface area contributed by atoms with Crippen LogP contribution in [-0.4, -0.2) is 78.1 Å². The highest BCUT2D eigenvalue weighted by atomic mass is 35.5. The normalized spacial score (nSPS) is 16.7. The number of rotatable bonds is 9. The molecule has 1 aliphatic carbocycles. The van der Waals surface area contributed by atoms with E-state index in [1.807, 2.05) is 55.4 Å². The number of benzene rings is 2. The molecule has 0 radical (unpaired) electrons. The number of aromatic nitrogens is 1. The summed E-state index contributed by atoms with van der Waals surface area (Å²) in [6, 6.07) is 13.7. The summed E-state index contributed by atoms with van der Waals surface area (Å²) in [5.41, 5.74) is 2.89. The van der Waals surface area contributed by atoms with Gasteiger partial charge in [-0.3, -0.25) is 9.78 Å². The molecule has 4 aromatic rings. The Morgan fingerprint density at radius 3 is 2.32 bits per heavy atom. The molecule has 0 saturated heterocycles. The first-order valence-electron chi connectivity index (χ1n) is 14.5. The molecule has 0 unspecified atom stereocenters. The van der Waals surface area contributed by atoms with Gasteiger partial charge < -0.3 is 19.4 Å². The van der Waals surface area contributed by atoms with Crippen molar-refractivity contribution in [1.29, 1.82) is 0 Å². The van der Waals surface area contributed by atoms with Crippen LogP contribution < -0.4 is 0 Å². The van der Waals surface area contributed by atoms with Crippen molar-refractivity contribution in [2.45, 2.75) is 44.3 Å². The van der Waals surface area contributed by atoms with E-state index in [1.165, 1.54) is 0 Å². The van der Waals surface area contributed by atoms with E-state index in [0.29, 0.717) is 38.8 Å². The number of nitrogens with zero attached hydrogens (tertiary/aromatic N) is 4. The minimum atomic E-state index is -0.667. The van der Waals surface area contributed by atoms with Gasteiger partial charge in [0.2, 0.25) is 0 Å². The Morgan fingerprint density at radius 1 is 0.955 bits per heavy atom. The van der Waals surface area contributed by atoms with Crippen LogP contribution in [-0.2, 0) is 11.3 Å². The average Bonchev–Trinajstić information content (AvgIpc) is 3.39. The predicted octanol–water partition coefficient (Wildman–Crippen LogP) is 7.48. The number of carbonyl (C=O) groups is 2. The third-order valence-electron chi connectivity index (χ3n) is 8.14. The van der Waals surface area contributed by atoms with Gasteiger partial charge in [-0.1, -0.05) is 29.8 Å². The van der Waals surface area contributed by atoms with Crippen molar-refractivity contribution in [2.24, 2.45) is 0 Å². The van der Waals surface area contributed by atoms with Crippen LogP contribution in [0.3, 0.4) is 0 Å². The van der Waals surface area contributed by atoms with E-state index in [9.17, 15) is 18.4 Å². The summed E-state index contributed by atoms with van der Waals surface area (Å²) >= 11 is 7.45. The first kappa shape index (κ1) is 31.8. The summed E-state index contributed by atoms with van der Waals surface area (Å²) in [5.74, 6) is -1.66. The number of ether oxygens (including phenoxy) is 1. The zero-order valence-corrected chi connectivity index (χ0v) is 26.5. The molecule has 11 heteroatoms. The first-order valence-corrected chi connectivity index (χ1v) is 15.7. The molecule has 0 aliphatic heterocycles. The number of hydrogen-bond donors (Lipinski definition) is 0. The van der Waals surface area contributed by atoms with Crippen LogP contribution in [0.5, 0.6) is 0 Å². The summed E-state index contributed by atoms with van der Waals surface area (Å²) < 4.78 is 34.8. The summed E-state index contributed by atoms with van der Waals surface area (Å²) in [6.45, 7) is 1.23. The monoisotopic (exact) mass is 640 g/mol. The van der Waals surface area contributed by atoms with Crippen LogP contribution in [0.1, 0.15) is 40.9 Å². The number of likely N-dealkylation sites (N-methyl/N-ethyl adjacent to an activating group) is 1. The molecule has 0 bridgehead atoms. The first-order chi connectivity index (χ1) is 21.1. The second-order valence-electron chi connectivity index (χ2n) is 11.3. The number of halogens is 3. The summed E-state index contributed by atoms with van der Waals surface area (Å²) in [7, 11) is 5.58. The lowest BCUT2D eigenvalue weighted by Gasteiger charge is -2.39. The second kappa shape index (κ2) is 14.0. The summed E-state index contributed by atoms with van der Waals surface area (Å²) in [6.07, 6.45) is 5.72. The van der Waals surface area contributed by atoms with E-state index in [2.05, 4.69) is 4.98 Å². The minimum absolute atomic E-state index is 0.0242. The number of carbonyl (C=O) groups excluding carboxylic acids is 2. The molecular formula is C33H35ClF2N4O3S. The molecule has 232 valence electrons. The van der Waals surface area contributed by atoms with Crippen LogP contribution in [0.15, 0.2) is 60.9 Å². The fourth-order valence-corrected chi connectivity index (χ4v) is 7.15. The van der Waals surface area contributed by atoms with Crippen molar-refractivity contribution in [3.05, 3.63) is 88.0 Å². The van der Waals surface area contributed by atoms with Gasteiger partial charge in [-0.2, -0.15) is 0 Å². The van der Waals surface area contributed by atoms with E-state index in [0.717, 1.165) is 40.2 Å². The van der Waals surface area contributed by atoms with Gasteiger partial charge in [0.15, 0.2) is 0 Å². The Kier molecular flexibility index (Phi) is 10.1. The van der Waals surface area contributed by atoms with Crippen molar-refractivity contribution in [2.75, 3.05) is 34.3 Å². The van der Waals surface area contributed by atoms with Crippen LogP contribution >= 0.6 is 22.9 Å². The van der Waals surface area contributed by atoms with Gasteiger partial charge in [0.1, 0.15) is 23.1 Å². The van der Waals surface area contributed by atoms with Crippen molar-refractivity contribution in [1.82, 2.24) is 19.7 Å². The number of pyridine rings is 1. The van der Waals surface area contributed by atoms with Crippen molar-refractivity contribution in [3.63, 3.8) is 0 Å². The van der Waals surface area contributed by atoms with Gasteiger partial charge >= 0.3 is 6.09 Å². The van der Waals surface area contributed by atoms with Crippen LogP contribution in [0.25, 0.3) is 21.2 Å². The Hall–Kier alpha value is -3.60. The van der Waals surface area contributed by atoms with Gasteiger partial charge in [0.25, 0.3) is 5.91 Å². The predicted molar refractivity (Wildman–Crippen MR) is 170 cm³/mol. The molecule has 1 fully saturated rings. The molecule has 44 heavy (non-hydrogen) atoms. The fraction of sp³-hybridized carbons (Fsp3) is 0.364. The Bertz CT molecular complexity index is 1630. The highest BCUT2D eigenvalue weighted by molar-refractivity contribution is 7.21. The van der Waals surface area contributed by atoms with Crippen LogP contribution in [0.4, 0.5) is 13.6 Å². The van der Waals surface area contributed by atoms with Gasteiger partial charge in [-0.05, 0) is 86.8 Å². The summed E-state index contributed by atoms with van der Waals surface area (Å²) in [4.78, 5) is 36.4. The van der Waals surface area contributed by atoms with Gasteiger partial charge in [-0.15, -0.1) is 11.3 Å². The lowest BCUT2D eigenvalue weighted by Crippen LogP contribution is -2.46. The molecule has 5 rings (SSSR count). The second-order valence-corrected chi connectivity index (χ2v) is 12.7. The molecule has 2 heterocycles. The summed E-state index contributed by atoms with van der Waals surface area (Å²) in [5, 5.41) is -0.144. The lowest BCUT2D eigenvalue weighted by atomic mass is 9.89.